The first-order valence-corrected chi connectivity index (χ1v) is 4.71. The van der Waals surface area contributed by atoms with E-state index in [1.807, 2.05) is 25.1 Å². The summed E-state index contributed by atoms with van der Waals surface area (Å²) in [7, 11) is 0. The van der Waals surface area contributed by atoms with Gasteiger partial charge in [0.1, 0.15) is 0 Å². The van der Waals surface area contributed by atoms with Crippen LogP contribution in [0.5, 0.6) is 0 Å². The van der Waals surface area contributed by atoms with Gasteiger partial charge in [-0.05, 0) is 24.1 Å². The van der Waals surface area contributed by atoms with Gasteiger partial charge in [-0.2, -0.15) is 0 Å². The second-order valence-electron chi connectivity index (χ2n) is 3.15. The monoisotopic (exact) mass is 212 g/mol. The first kappa shape index (κ1) is 11.0. The summed E-state index contributed by atoms with van der Waals surface area (Å²) in [5, 5.41) is 3.65. The summed E-state index contributed by atoms with van der Waals surface area (Å²) in [4.78, 5) is 10.4. The molecule has 0 aromatic heterocycles. The first-order chi connectivity index (χ1) is 6.59. The molecule has 0 aliphatic rings. The SMILES string of the molecule is Cc1ccc(CNCC(N)=O)cc1Cl. The molecule has 4 heteroatoms. The van der Waals surface area contributed by atoms with Gasteiger partial charge in [-0.1, -0.05) is 23.7 Å². The maximum absolute atomic E-state index is 10.4. The number of hydrogen-bond acceptors (Lipinski definition) is 2. The summed E-state index contributed by atoms with van der Waals surface area (Å²) in [5.41, 5.74) is 7.07. The van der Waals surface area contributed by atoms with Crippen LogP contribution in [0.25, 0.3) is 0 Å². The average molecular weight is 213 g/mol. The molecular weight excluding hydrogens is 200 g/mol. The van der Waals surface area contributed by atoms with Crippen molar-refractivity contribution in [2.45, 2.75) is 13.5 Å². The lowest BCUT2D eigenvalue weighted by atomic mass is 10.1. The minimum atomic E-state index is -0.358. The fourth-order valence-electron chi connectivity index (χ4n) is 1.08. The lowest BCUT2D eigenvalue weighted by Crippen LogP contribution is -2.28. The largest absolute Gasteiger partial charge is 0.369 e. The summed E-state index contributed by atoms with van der Waals surface area (Å²) in [5.74, 6) is -0.358. The Morgan fingerprint density at radius 1 is 1.57 bits per heavy atom. The topological polar surface area (TPSA) is 55.1 Å². The van der Waals surface area contributed by atoms with E-state index in [0.29, 0.717) is 6.54 Å². The Morgan fingerprint density at radius 2 is 2.29 bits per heavy atom. The highest BCUT2D eigenvalue weighted by atomic mass is 35.5. The van der Waals surface area contributed by atoms with E-state index in [0.717, 1.165) is 16.1 Å². The molecule has 1 aromatic rings. The van der Waals surface area contributed by atoms with Gasteiger partial charge in [0, 0.05) is 11.6 Å². The minimum Gasteiger partial charge on any atom is -0.369 e. The second-order valence-corrected chi connectivity index (χ2v) is 3.56. The summed E-state index contributed by atoms with van der Waals surface area (Å²) in [6.45, 7) is 2.73. The summed E-state index contributed by atoms with van der Waals surface area (Å²) in [6.07, 6.45) is 0. The van der Waals surface area contributed by atoms with E-state index in [4.69, 9.17) is 17.3 Å². The molecule has 0 saturated carbocycles. The smallest absolute Gasteiger partial charge is 0.231 e. The zero-order valence-corrected chi connectivity index (χ0v) is 8.77. The van der Waals surface area contributed by atoms with Gasteiger partial charge in [0.15, 0.2) is 0 Å². The normalized spacial score (nSPS) is 10.1. The van der Waals surface area contributed by atoms with Crippen LogP contribution in [0, 0.1) is 6.92 Å². The van der Waals surface area contributed by atoms with Gasteiger partial charge in [-0.3, -0.25) is 4.79 Å². The number of carbonyl (C=O) groups excluding carboxylic acids is 1. The molecule has 0 aliphatic carbocycles. The standard InChI is InChI=1S/C10H13ClN2O/c1-7-2-3-8(4-9(7)11)5-13-6-10(12)14/h2-4,13H,5-6H2,1H3,(H2,12,14). The molecule has 1 amide bonds. The molecule has 0 heterocycles. The zero-order chi connectivity index (χ0) is 10.6. The van der Waals surface area contributed by atoms with E-state index in [-0.39, 0.29) is 12.5 Å². The Bertz CT molecular complexity index is 339. The number of nitrogens with one attached hydrogen (secondary N) is 1. The molecule has 0 spiro atoms. The van der Waals surface area contributed by atoms with Crippen LogP contribution in [0.1, 0.15) is 11.1 Å². The highest BCUT2D eigenvalue weighted by Crippen LogP contribution is 2.16. The van der Waals surface area contributed by atoms with Crippen LogP contribution >= 0.6 is 11.6 Å². The van der Waals surface area contributed by atoms with Gasteiger partial charge in [0.05, 0.1) is 6.54 Å². The summed E-state index contributed by atoms with van der Waals surface area (Å²) >= 11 is 5.94. The van der Waals surface area contributed by atoms with Gasteiger partial charge in [0.2, 0.25) is 5.91 Å². The van der Waals surface area contributed by atoms with Crippen molar-refractivity contribution >= 4 is 17.5 Å². The lowest BCUT2D eigenvalue weighted by Gasteiger charge is -2.04. The predicted molar refractivity (Wildman–Crippen MR) is 57.1 cm³/mol. The number of hydrogen-bond donors (Lipinski definition) is 2. The van der Waals surface area contributed by atoms with Crippen molar-refractivity contribution in [3.8, 4) is 0 Å². The molecule has 14 heavy (non-hydrogen) atoms. The molecule has 0 atom stereocenters. The molecule has 0 radical (unpaired) electrons. The number of amides is 1. The van der Waals surface area contributed by atoms with E-state index in [9.17, 15) is 4.79 Å². The predicted octanol–water partition coefficient (Wildman–Crippen LogP) is 1.22. The average Bonchev–Trinajstić information content (AvgIpc) is 2.10. The summed E-state index contributed by atoms with van der Waals surface area (Å²) < 4.78 is 0. The molecular formula is C10H13ClN2O. The minimum absolute atomic E-state index is 0.186. The van der Waals surface area contributed by atoms with Gasteiger partial charge >= 0.3 is 0 Å². The Hall–Kier alpha value is -1.06. The Kier molecular flexibility index (Phi) is 3.92. The van der Waals surface area contributed by atoms with Crippen molar-refractivity contribution in [1.82, 2.24) is 5.32 Å². The van der Waals surface area contributed by atoms with Crippen molar-refractivity contribution in [2.75, 3.05) is 6.54 Å². The van der Waals surface area contributed by atoms with Crippen LogP contribution in [-0.2, 0) is 11.3 Å². The van der Waals surface area contributed by atoms with Crippen LogP contribution in [0.4, 0.5) is 0 Å². The van der Waals surface area contributed by atoms with Crippen LogP contribution < -0.4 is 11.1 Å². The van der Waals surface area contributed by atoms with Crippen molar-refractivity contribution in [3.05, 3.63) is 34.3 Å². The molecule has 0 bridgehead atoms. The third-order valence-corrected chi connectivity index (χ3v) is 2.27. The van der Waals surface area contributed by atoms with Crippen molar-refractivity contribution in [3.63, 3.8) is 0 Å². The molecule has 3 nitrogen and oxygen atoms in total. The van der Waals surface area contributed by atoms with Crippen LogP contribution in [0.15, 0.2) is 18.2 Å². The molecule has 1 aromatic carbocycles. The number of primary amides is 1. The van der Waals surface area contributed by atoms with Crippen molar-refractivity contribution in [2.24, 2.45) is 5.73 Å². The Morgan fingerprint density at radius 3 is 2.86 bits per heavy atom. The number of halogens is 1. The fourth-order valence-corrected chi connectivity index (χ4v) is 1.28. The lowest BCUT2D eigenvalue weighted by molar-refractivity contribution is -0.117. The molecule has 0 aliphatic heterocycles. The Labute approximate surface area is 88.2 Å². The maximum atomic E-state index is 10.4. The van der Waals surface area contributed by atoms with E-state index >= 15 is 0 Å². The number of rotatable bonds is 4. The third-order valence-electron chi connectivity index (χ3n) is 1.86. The number of nitrogens with two attached hydrogens (primary N) is 1. The fraction of sp³-hybridized carbons (Fsp3) is 0.300. The van der Waals surface area contributed by atoms with Crippen molar-refractivity contribution in [1.29, 1.82) is 0 Å². The van der Waals surface area contributed by atoms with Gasteiger partial charge < -0.3 is 11.1 Å². The van der Waals surface area contributed by atoms with Gasteiger partial charge in [0.25, 0.3) is 0 Å². The highest BCUT2D eigenvalue weighted by molar-refractivity contribution is 6.31. The van der Waals surface area contributed by atoms with Crippen LogP contribution in [0.2, 0.25) is 5.02 Å². The van der Waals surface area contributed by atoms with Crippen LogP contribution in [-0.4, -0.2) is 12.5 Å². The van der Waals surface area contributed by atoms with Crippen LogP contribution in [0.3, 0.4) is 0 Å². The van der Waals surface area contributed by atoms with E-state index < -0.39 is 0 Å². The Balaban J connectivity index is 2.51. The first-order valence-electron chi connectivity index (χ1n) is 4.33. The molecule has 3 N–H and O–H groups in total. The second kappa shape index (κ2) is 4.98. The highest BCUT2D eigenvalue weighted by Gasteiger charge is 1.98. The van der Waals surface area contributed by atoms with Crippen molar-refractivity contribution < 1.29 is 4.79 Å². The van der Waals surface area contributed by atoms with Gasteiger partial charge in [-0.15, -0.1) is 0 Å². The molecule has 0 unspecified atom stereocenters. The zero-order valence-electron chi connectivity index (χ0n) is 8.01. The molecule has 0 saturated heterocycles. The molecule has 0 fully saturated rings. The number of benzene rings is 1. The van der Waals surface area contributed by atoms with E-state index in [2.05, 4.69) is 5.32 Å². The number of carbonyl (C=O) groups is 1. The third kappa shape index (κ3) is 3.36. The maximum Gasteiger partial charge on any atom is 0.231 e. The van der Waals surface area contributed by atoms with E-state index in [1.165, 1.54) is 0 Å². The molecule has 1 rings (SSSR count). The quantitative estimate of drug-likeness (QED) is 0.789. The van der Waals surface area contributed by atoms with E-state index in [1.54, 1.807) is 0 Å². The number of aryl methyl sites for hydroxylation is 1. The van der Waals surface area contributed by atoms with Gasteiger partial charge in [-0.25, -0.2) is 0 Å². The molecule has 76 valence electrons. The summed E-state index contributed by atoms with van der Waals surface area (Å²) in [6, 6.07) is 5.80.